The molecule has 3 rings (SSSR count). The zero-order chi connectivity index (χ0) is 17.6. The molecule has 8 nitrogen and oxygen atoms in total. The van der Waals surface area contributed by atoms with Gasteiger partial charge in [0.1, 0.15) is 0 Å². The largest absolute Gasteiger partial charge is 0.493 e. The van der Waals surface area contributed by atoms with Crippen LogP contribution in [-0.2, 0) is 0 Å². The van der Waals surface area contributed by atoms with Gasteiger partial charge in [0, 0.05) is 30.9 Å². The number of hydrogen-bond acceptors (Lipinski definition) is 8. The number of benzene rings is 1. The first-order chi connectivity index (χ1) is 12.2. The maximum absolute atomic E-state index is 5.37. The van der Waals surface area contributed by atoms with Crippen LogP contribution in [0.3, 0.4) is 0 Å². The summed E-state index contributed by atoms with van der Waals surface area (Å²) in [5.41, 5.74) is 0.729. The van der Waals surface area contributed by atoms with Crippen molar-refractivity contribution in [2.24, 2.45) is 0 Å². The first-order valence-electron chi connectivity index (χ1n) is 8.27. The minimum absolute atomic E-state index is 0.428. The van der Waals surface area contributed by atoms with Crippen molar-refractivity contribution in [2.75, 3.05) is 44.6 Å². The van der Waals surface area contributed by atoms with E-state index >= 15 is 0 Å². The Balaban J connectivity index is 1.84. The van der Waals surface area contributed by atoms with Crippen molar-refractivity contribution in [1.29, 1.82) is 0 Å². The minimum atomic E-state index is 0.428. The van der Waals surface area contributed by atoms with Gasteiger partial charge in [0.2, 0.25) is 11.7 Å². The van der Waals surface area contributed by atoms with Crippen LogP contribution in [-0.4, -0.2) is 49.6 Å². The molecule has 0 bridgehead atoms. The molecule has 0 spiro atoms. The monoisotopic (exact) mass is 345 g/mol. The summed E-state index contributed by atoms with van der Waals surface area (Å²) < 4.78 is 16.1. The molecule has 0 saturated carbocycles. The highest BCUT2D eigenvalue weighted by atomic mass is 16.5. The average molecular weight is 345 g/mol. The third-order valence-electron chi connectivity index (χ3n) is 4.15. The SMILES string of the molecule is COc1cc(Nc2nncc(N3CCCCC3)n2)cc(OC)c1OC. The molecule has 1 aromatic heterocycles. The topological polar surface area (TPSA) is 81.6 Å². The number of nitrogens with zero attached hydrogens (tertiary/aromatic N) is 4. The normalized spacial score (nSPS) is 14.1. The second-order valence-corrected chi connectivity index (χ2v) is 5.72. The lowest BCUT2D eigenvalue weighted by Crippen LogP contribution is -2.30. The lowest BCUT2D eigenvalue weighted by atomic mass is 10.1. The van der Waals surface area contributed by atoms with E-state index < -0.39 is 0 Å². The first kappa shape index (κ1) is 17.1. The van der Waals surface area contributed by atoms with Crippen LogP contribution in [0.5, 0.6) is 17.2 Å². The summed E-state index contributed by atoms with van der Waals surface area (Å²) in [5, 5.41) is 11.3. The van der Waals surface area contributed by atoms with Crippen LogP contribution >= 0.6 is 0 Å². The molecule has 0 radical (unpaired) electrons. The van der Waals surface area contributed by atoms with Crippen LogP contribution in [0.2, 0.25) is 0 Å². The van der Waals surface area contributed by atoms with Gasteiger partial charge in [-0.3, -0.25) is 0 Å². The van der Waals surface area contributed by atoms with E-state index in [-0.39, 0.29) is 0 Å². The number of methoxy groups -OCH3 is 3. The van der Waals surface area contributed by atoms with Crippen molar-refractivity contribution in [3.05, 3.63) is 18.3 Å². The Bertz CT molecular complexity index is 694. The standard InChI is InChI=1S/C17H23N5O3/c1-23-13-9-12(10-14(24-2)16(13)25-3)19-17-20-15(11-18-21-17)22-7-5-4-6-8-22/h9-11H,4-8H2,1-3H3,(H,19,20,21). The molecule has 0 unspecified atom stereocenters. The fourth-order valence-electron chi connectivity index (χ4n) is 2.91. The summed E-state index contributed by atoms with van der Waals surface area (Å²) in [6.45, 7) is 2.00. The molecule has 0 atom stereocenters. The van der Waals surface area contributed by atoms with Crippen LogP contribution in [0.15, 0.2) is 18.3 Å². The molecule has 25 heavy (non-hydrogen) atoms. The molecule has 2 heterocycles. The van der Waals surface area contributed by atoms with Gasteiger partial charge in [-0.1, -0.05) is 0 Å². The number of nitrogens with one attached hydrogen (secondary N) is 1. The summed E-state index contributed by atoms with van der Waals surface area (Å²) in [5.74, 6) is 2.92. The highest BCUT2D eigenvalue weighted by molar-refractivity contribution is 5.65. The van der Waals surface area contributed by atoms with E-state index in [9.17, 15) is 0 Å². The second-order valence-electron chi connectivity index (χ2n) is 5.72. The van der Waals surface area contributed by atoms with Gasteiger partial charge in [-0.15, -0.1) is 5.10 Å². The Kier molecular flexibility index (Phi) is 5.37. The lowest BCUT2D eigenvalue weighted by Gasteiger charge is -2.27. The van der Waals surface area contributed by atoms with Gasteiger partial charge in [-0.25, -0.2) is 0 Å². The third kappa shape index (κ3) is 3.84. The van der Waals surface area contributed by atoms with Crippen molar-refractivity contribution in [3.63, 3.8) is 0 Å². The van der Waals surface area contributed by atoms with Crippen molar-refractivity contribution < 1.29 is 14.2 Å². The predicted molar refractivity (Wildman–Crippen MR) is 95.3 cm³/mol. The molecule has 1 aromatic carbocycles. The molecule has 1 aliphatic rings. The maximum atomic E-state index is 5.37. The van der Waals surface area contributed by atoms with E-state index in [2.05, 4.69) is 25.4 Å². The Hall–Kier alpha value is -2.77. The number of ether oxygens (including phenoxy) is 3. The fraction of sp³-hybridized carbons (Fsp3) is 0.471. The summed E-state index contributed by atoms with van der Waals surface area (Å²) in [4.78, 5) is 6.81. The molecule has 1 N–H and O–H groups in total. The van der Waals surface area contributed by atoms with Gasteiger partial charge in [0.05, 0.1) is 27.5 Å². The summed E-state index contributed by atoms with van der Waals surface area (Å²) >= 11 is 0. The third-order valence-corrected chi connectivity index (χ3v) is 4.15. The highest BCUT2D eigenvalue weighted by Crippen LogP contribution is 2.40. The highest BCUT2D eigenvalue weighted by Gasteiger charge is 2.16. The van der Waals surface area contributed by atoms with Crippen LogP contribution in [0.1, 0.15) is 19.3 Å². The number of piperidine rings is 1. The second kappa shape index (κ2) is 7.87. The number of hydrogen-bond donors (Lipinski definition) is 1. The smallest absolute Gasteiger partial charge is 0.249 e. The Morgan fingerprint density at radius 1 is 0.960 bits per heavy atom. The fourth-order valence-corrected chi connectivity index (χ4v) is 2.91. The summed E-state index contributed by atoms with van der Waals surface area (Å²) in [6, 6.07) is 3.61. The van der Waals surface area contributed by atoms with E-state index in [1.165, 1.54) is 19.3 Å². The zero-order valence-corrected chi connectivity index (χ0v) is 14.8. The van der Waals surface area contributed by atoms with Crippen LogP contribution in [0.4, 0.5) is 17.5 Å². The van der Waals surface area contributed by atoms with Crippen molar-refractivity contribution in [2.45, 2.75) is 19.3 Å². The van der Waals surface area contributed by atoms with Gasteiger partial charge >= 0.3 is 0 Å². The summed E-state index contributed by atoms with van der Waals surface area (Å²) in [7, 11) is 4.73. The average Bonchev–Trinajstić information content (AvgIpc) is 2.68. The van der Waals surface area contributed by atoms with Gasteiger partial charge in [-0.05, 0) is 19.3 Å². The molecule has 1 saturated heterocycles. The number of anilines is 3. The van der Waals surface area contributed by atoms with Crippen LogP contribution in [0, 0.1) is 0 Å². The molecule has 134 valence electrons. The molecule has 1 fully saturated rings. The predicted octanol–water partition coefficient (Wildman–Crippen LogP) is 2.63. The lowest BCUT2D eigenvalue weighted by molar-refractivity contribution is 0.324. The maximum Gasteiger partial charge on any atom is 0.249 e. The Morgan fingerprint density at radius 3 is 2.24 bits per heavy atom. The van der Waals surface area contributed by atoms with Crippen molar-refractivity contribution in [3.8, 4) is 17.2 Å². The molecule has 0 amide bonds. The number of rotatable bonds is 6. The van der Waals surface area contributed by atoms with Gasteiger partial charge in [0.15, 0.2) is 17.3 Å². The van der Waals surface area contributed by atoms with Crippen molar-refractivity contribution >= 4 is 17.5 Å². The van der Waals surface area contributed by atoms with Gasteiger partial charge in [-0.2, -0.15) is 10.1 Å². The van der Waals surface area contributed by atoms with E-state index in [1.54, 1.807) is 39.7 Å². The summed E-state index contributed by atoms with van der Waals surface area (Å²) in [6.07, 6.45) is 5.33. The quantitative estimate of drug-likeness (QED) is 0.856. The zero-order valence-electron chi connectivity index (χ0n) is 14.8. The minimum Gasteiger partial charge on any atom is -0.493 e. The molecular weight excluding hydrogens is 322 g/mol. The number of aromatic nitrogens is 3. The molecule has 2 aromatic rings. The van der Waals surface area contributed by atoms with Gasteiger partial charge in [0.25, 0.3) is 0 Å². The molecule has 1 aliphatic heterocycles. The molecule has 0 aliphatic carbocycles. The molecular formula is C17H23N5O3. The van der Waals surface area contributed by atoms with Gasteiger partial charge < -0.3 is 24.4 Å². The van der Waals surface area contributed by atoms with E-state index in [4.69, 9.17) is 14.2 Å². The molecule has 8 heteroatoms. The Labute approximate surface area is 147 Å². The van der Waals surface area contributed by atoms with Crippen LogP contribution in [0.25, 0.3) is 0 Å². The van der Waals surface area contributed by atoms with Crippen molar-refractivity contribution in [1.82, 2.24) is 15.2 Å². The Morgan fingerprint density at radius 2 is 1.64 bits per heavy atom. The van der Waals surface area contributed by atoms with E-state index in [0.29, 0.717) is 23.2 Å². The van der Waals surface area contributed by atoms with Crippen LogP contribution < -0.4 is 24.4 Å². The van der Waals surface area contributed by atoms with E-state index in [0.717, 1.165) is 24.6 Å². The van der Waals surface area contributed by atoms with E-state index in [1.807, 2.05) is 0 Å². The first-order valence-corrected chi connectivity index (χ1v) is 8.27.